The summed E-state index contributed by atoms with van der Waals surface area (Å²) in [7, 11) is 0. The second kappa shape index (κ2) is 8.55. The maximum atomic E-state index is 13.9. The molecule has 0 bridgehead atoms. The van der Waals surface area contributed by atoms with Crippen LogP contribution in [0.25, 0.3) is 0 Å². The summed E-state index contributed by atoms with van der Waals surface area (Å²) < 4.78 is 54.1. The molecular weight excluding hydrogens is 367 g/mol. The Morgan fingerprint density at radius 2 is 1.73 bits per heavy atom. The molecule has 1 heterocycles. The van der Waals surface area contributed by atoms with Gasteiger partial charge in [0.1, 0.15) is 11.9 Å². The zero-order valence-corrected chi connectivity index (χ0v) is 14.1. The molecule has 1 atom stereocenters. The predicted octanol–water partition coefficient (Wildman–Crippen LogP) is 4.14. The first-order valence-corrected chi connectivity index (χ1v) is 6.66. The maximum absolute atomic E-state index is 13.9. The number of hydrogen-bond donors (Lipinski definition) is 1. The second-order valence-corrected chi connectivity index (χ2v) is 5.20. The van der Waals surface area contributed by atoms with E-state index in [1.807, 2.05) is 0 Å². The van der Waals surface area contributed by atoms with Gasteiger partial charge < -0.3 is 5.32 Å². The molecule has 1 fully saturated rings. The van der Waals surface area contributed by atoms with Crippen LogP contribution in [0.4, 0.5) is 17.6 Å². The molecule has 0 spiro atoms. The summed E-state index contributed by atoms with van der Waals surface area (Å²) in [5, 5.41) is 2.83. The Morgan fingerprint density at radius 1 is 1.18 bits per heavy atom. The normalized spacial score (nSPS) is 17.4. The molecule has 0 amide bonds. The molecule has 22 heavy (non-hydrogen) atoms. The first kappa shape index (κ1) is 21.7. The third-order valence-corrected chi connectivity index (χ3v) is 3.92. The minimum absolute atomic E-state index is 0. The Balaban J connectivity index is 0.00000220. The van der Waals surface area contributed by atoms with Gasteiger partial charge in [0.2, 0.25) is 0 Å². The van der Waals surface area contributed by atoms with Gasteiger partial charge in [0.05, 0.1) is 5.02 Å². The fraction of sp³-hybridized carbons (Fsp3) is 0.538. The van der Waals surface area contributed by atoms with E-state index in [1.165, 1.54) is 11.0 Å². The average Bonchev–Trinajstić information content (AvgIpc) is 2.39. The lowest BCUT2D eigenvalue weighted by atomic mass is 10.0. The Bertz CT molecular complexity index is 491. The Morgan fingerprint density at radius 3 is 2.23 bits per heavy atom. The number of nitrogens with zero attached hydrogens (tertiary/aromatic N) is 1. The topological polar surface area (TPSA) is 15.3 Å². The highest BCUT2D eigenvalue weighted by atomic mass is 35.5. The molecule has 1 aliphatic rings. The summed E-state index contributed by atoms with van der Waals surface area (Å²) in [5.74, 6) is -0.915. The minimum atomic E-state index is -4.57. The van der Waals surface area contributed by atoms with Gasteiger partial charge in [-0.05, 0) is 18.6 Å². The summed E-state index contributed by atoms with van der Waals surface area (Å²) in [4.78, 5) is 1.22. The van der Waals surface area contributed by atoms with Crippen molar-refractivity contribution in [3.63, 3.8) is 0 Å². The van der Waals surface area contributed by atoms with E-state index in [2.05, 4.69) is 5.32 Å². The number of hydrogen-bond acceptors (Lipinski definition) is 2. The van der Waals surface area contributed by atoms with Gasteiger partial charge in [-0.3, -0.25) is 4.90 Å². The van der Waals surface area contributed by atoms with Crippen LogP contribution in [0.2, 0.25) is 5.02 Å². The molecule has 2 nitrogen and oxygen atoms in total. The molecule has 1 aliphatic heterocycles. The summed E-state index contributed by atoms with van der Waals surface area (Å²) in [6.45, 7) is 2.85. The zero-order valence-electron chi connectivity index (χ0n) is 11.7. The Kier molecular flexibility index (Phi) is 8.44. The van der Waals surface area contributed by atoms with Crippen LogP contribution in [0.15, 0.2) is 12.1 Å². The van der Waals surface area contributed by atoms with E-state index in [1.54, 1.807) is 6.92 Å². The van der Waals surface area contributed by atoms with Crippen LogP contribution in [0.1, 0.15) is 17.2 Å². The van der Waals surface area contributed by atoms with Crippen LogP contribution in [0.5, 0.6) is 0 Å². The van der Waals surface area contributed by atoms with Crippen molar-refractivity contribution in [1.82, 2.24) is 10.2 Å². The highest BCUT2D eigenvalue weighted by molar-refractivity contribution is 6.32. The van der Waals surface area contributed by atoms with E-state index in [9.17, 15) is 17.6 Å². The predicted molar refractivity (Wildman–Crippen MR) is 83.9 cm³/mol. The van der Waals surface area contributed by atoms with Crippen LogP contribution < -0.4 is 5.32 Å². The number of alkyl halides is 3. The van der Waals surface area contributed by atoms with Crippen LogP contribution in [-0.4, -0.2) is 37.3 Å². The molecular formula is C13H17Cl3F4N2. The minimum Gasteiger partial charge on any atom is -0.314 e. The summed E-state index contributed by atoms with van der Waals surface area (Å²) in [5.41, 5.74) is -0.0338. The molecule has 1 saturated heterocycles. The molecule has 2 rings (SSSR count). The van der Waals surface area contributed by atoms with Crippen LogP contribution >= 0.6 is 36.4 Å². The van der Waals surface area contributed by atoms with Gasteiger partial charge in [-0.1, -0.05) is 17.7 Å². The third kappa shape index (κ3) is 4.61. The Labute approximate surface area is 144 Å². The van der Waals surface area contributed by atoms with Gasteiger partial charge >= 0.3 is 6.18 Å². The van der Waals surface area contributed by atoms with Gasteiger partial charge in [-0.15, -0.1) is 24.8 Å². The van der Waals surface area contributed by atoms with Gasteiger partial charge in [0.15, 0.2) is 0 Å². The van der Waals surface area contributed by atoms with Crippen molar-refractivity contribution in [2.75, 3.05) is 26.2 Å². The molecule has 0 aromatic heterocycles. The molecule has 0 unspecified atom stereocenters. The Hall–Kier alpha value is -0.270. The molecule has 0 radical (unpaired) electrons. The molecule has 1 aromatic rings. The zero-order chi connectivity index (χ0) is 14.9. The van der Waals surface area contributed by atoms with Crippen molar-refractivity contribution < 1.29 is 17.6 Å². The third-order valence-electron chi connectivity index (χ3n) is 3.42. The fourth-order valence-corrected chi connectivity index (χ4v) is 2.68. The molecule has 0 saturated carbocycles. The number of nitrogens with one attached hydrogen (secondary N) is 1. The molecule has 0 aliphatic carbocycles. The van der Waals surface area contributed by atoms with Crippen LogP contribution in [-0.2, 0) is 0 Å². The van der Waals surface area contributed by atoms with Gasteiger partial charge in [-0.2, -0.15) is 13.2 Å². The van der Waals surface area contributed by atoms with E-state index in [0.717, 1.165) is 6.07 Å². The second-order valence-electron chi connectivity index (χ2n) is 4.82. The lowest BCUT2D eigenvalue weighted by Gasteiger charge is -2.36. The maximum Gasteiger partial charge on any atom is 0.408 e. The van der Waals surface area contributed by atoms with Crippen molar-refractivity contribution >= 4 is 36.4 Å². The largest absolute Gasteiger partial charge is 0.408 e. The van der Waals surface area contributed by atoms with Gasteiger partial charge in [-0.25, -0.2) is 4.39 Å². The first-order chi connectivity index (χ1) is 9.32. The van der Waals surface area contributed by atoms with Crippen LogP contribution in [0, 0.1) is 12.7 Å². The van der Waals surface area contributed by atoms with E-state index in [-0.39, 0.29) is 42.9 Å². The van der Waals surface area contributed by atoms with Gasteiger partial charge in [0, 0.05) is 31.7 Å². The molecule has 1 aromatic carbocycles. The van der Waals surface area contributed by atoms with E-state index >= 15 is 0 Å². The first-order valence-electron chi connectivity index (χ1n) is 6.28. The fourth-order valence-electron chi connectivity index (χ4n) is 2.42. The van der Waals surface area contributed by atoms with Crippen molar-refractivity contribution in [1.29, 1.82) is 0 Å². The van der Waals surface area contributed by atoms with E-state index in [4.69, 9.17) is 11.6 Å². The van der Waals surface area contributed by atoms with Crippen molar-refractivity contribution in [2.24, 2.45) is 0 Å². The highest BCUT2D eigenvalue weighted by Crippen LogP contribution is 2.42. The van der Waals surface area contributed by atoms with E-state index in [0.29, 0.717) is 18.7 Å². The van der Waals surface area contributed by atoms with Crippen molar-refractivity contribution in [3.05, 3.63) is 34.1 Å². The summed E-state index contributed by atoms with van der Waals surface area (Å²) in [6.07, 6.45) is -4.57. The monoisotopic (exact) mass is 382 g/mol. The van der Waals surface area contributed by atoms with Gasteiger partial charge in [0.25, 0.3) is 0 Å². The van der Waals surface area contributed by atoms with E-state index < -0.39 is 23.6 Å². The molecule has 128 valence electrons. The number of rotatable bonds is 2. The number of piperazine rings is 1. The summed E-state index contributed by atoms with van der Waals surface area (Å²) >= 11 is 5.94. The number of benzene rings is 1. The van der Waals surface area contributed by atoms with Crippen molar-refractivity contribution in [3.8, 4) is 0 Å². The number of aryl methyl sites for hydroxylation is 1. The summed E-state index contributed by atoms with van der Waals surface area (Å²) in [6, 6.07) is 0.418. The lowest BCUT2D eigenvalue weighted by Crippen LogP contribution is -2.49. The van der Waals surface area contributed by atoms with Crippen LogP contribution in [0.3, 0.4) is 0 Å². The molecule has 9 heteroatoms. The quantitative estimate of drug-likeness (QED) is 0.772. The average molecular weight is 384 g/mol. The lowest BCUT2D eigenvalue weighted by molar-refractivity contribution is -0.188. The molecule has 1 N–H and O–H groups in total. The van der Waals surface area contributed by atoms with Crippen molar-refractivity contribution in [2.45, 2.75) is 19.1 Å². The SMILES string of the molecule is Cc1ccc(F)c([C@H](N2CCNCC2)C(F)(F)F)c1Cl.Cl.Cl. The number of halogens is 7. The standard InChI is InChI=1S/C13H15ClF4N2.2ClH/c1-8-2-3-9(15)10(11(8)14)12(13(16,17)18)20-6-4-19-5-7-20;;/h2-3,12,19H,4-7H2,1H3;2*1H/t12-;;/m0../s1. The highest BCUT2D eigenvalue weighted by Gasteiger charge is 2.47. The smallest absolute Gasteiger partial charge is 0.314 e.